The van der Waals surface area contributed by atoms with E-state index >= 15 is 0 Å². The first-order valence-electron chi connectivity index (χ1n) is 6.62. The molecule has 20 heavy (non-hydrogen) atoms. The van der Waals surface area contributed by atoms with Crippen molar-refractivity contribution in [3.63, 3.8) is 0 Å². The van der Waals surface area contributed by atoms with E-state index in [9.17, 15) is 0 Å². The summed E-state index contributed by atoms with van der Waals surface area (Å²) < 4.78 is 15.9. The topological polar surface area (TPSA) is 60.0 Å². The first-order valence-corrected chi connectivity index (χ1v) is 6.62. The van der Waals surface area contributed by atoms with Gasteiger partial charge in [0.15, 0.2) is 11.5 Å². The number of rotatable bonds is 8. The fourth-order valence-electron chi connectivity index (χ4n) is 1.95. The van der Waals surface area contributed by atoms with Gasteiger partial charge >= 0.3 is 0 Å². The third kappa shape index (κ3) is 4.28. The van der Waals surface area contributed by atoms with Gasteiger partial charge in [-0.25, -0.2) is 0 Å². The van der Waals surface area contributed by atoms with Gasteiger partial charge in [-0.05, 0) is 38.0 Å². The summed E-state index contributed by atoms with van der Waals surface area (Å²) in [5, 5.41) is 12.4. The molecule has 0 aliphatic carbocycles. The van der Waals surface area contributed by atoms with Crippen LogP contribution in [0, 0.1) is 0 Å². The van der Waals surface area contributed by atoms with Crippen LogP contribution in [0.25, 0.3) is 0 Å². The molecule has 0 radical (unpaired) electrons. The van der Waals surface area contributed by atoms with Crippen LogP contribution in [0.3, 0.4) is 0 Å². The highest BCUT2D eigenvalue weighted by Crippen LogP contribution is 2.38. The molecular formula is C15H25NO4. The summed E-state index contributed by atoms with van der Waals surface area (Å²) in [6.45, 7) is 4.93. The molecule has 114 valence electrons. The zero-order chi connectivity index (χ0) is 15.2. The molecule has 1 aromatic carbocycles. The lowest BCUT2D eigenvalue weighted by Crippen LogP contribution is -2.39. The predicted octanol–water partition coefficient (Wildman–Crippen LogP) is 1.96. The zero-order valence-corrected chi connectivity index (χ0v) is 12.9. The lowest BCUT2D eigenvalue weighted by molar-refractivity contribution is 0.230. The Morgan fingerprint density at radius 1 is 1.05 bits per heavy atom. The van der Waals surface area contributed by atoms with Crippen LogP contribution in [-0.4, -0.2) is 38.6 Å². The molecule has 0 heterocycles. The summed E-state index contributed by atoms with van der Waals surface area (Å²) in [6, 6.07) is 3.84. The van der Waals surface area contributed by atoms with E-state index in [1.54, 1.807) is 21.3 Å². The van der Waals surface area contributed by atoms with E-state index in [1.807, 2.05) is 12.1 Å². The van der Waals surface area contributed by atoms with Crippen molar-refractivity contribution in [2.45, 2.75) is 32.4 Å². The van der Waals surface area contributed by atoms with Crippen LogP contribution < -0.4 is 19.5 Å². The molecule has 2 N–H and O–H groups in total. The summed E-state index contributed by atoms with van der Waals surface area (Å²) in [7, 11) is 4.79. The number of hydrogen-bond acceptors (Lipinski definition) is 5. The molecule has 0 bridgehead atoms. The molecule has 1 aromatic rings. The van der Waals surface area contributed by atoms with Gasteiger partial charge in [0.1, 0.15) is 0 Å². The lowest BCUT2D eigenvalue weighted by atomic mass is 10.0. The van der Waals surface area contributed by atoms with E-state index in [4.69, 9.17) is 19.3 Å². The Labute approximate surface area is 120 Å². The smallest absolute Gasteiger partial charge is 0.203 e. The Hall–Kier alpha value is -1.46. The normalized spacial score (nSPS) is 11.3. The van der Waals surface area contributed by atoms with Crippen molar-refractivity contribution < 1.29 is 19.3 Å². The van der Waals surface area contributed by atoms with E-state index in [1.165, 1.54) is 0 Å². The Balaban J connectivity index is 2.91. The summed E-state index contributed by atoms with van der Waals surface area (Å²) in [5.41, 5.74) is 0.903. The molecule has 1 rings (SSSR count). The molecule has 5 nitrogen and oxygen atoms in total. The highest BCUT2D eigenvalue weighted by molar-refractivity contribution is 5.53. The Morgan fingerprint density at radius 2 is 1.60 bits per heavy atom. The van der Waals surface area contributed by atoms with E-state index in [-0.39, 0.29) is 12.1 Å². The van der Waals surface area contributed by atoms with Crippen molar-refractivity contribution in [3.05, 3.63) is 17.7 Å². The van der Waals surface area contributed by atoms with Gasteiger partial charge in [0.2, 0.25) is 5.75 Å². The molecule has 0 atom stereocenters. The van der Waals surface area contributed by atoms with Crippen molar-refractivity contribution in [2.75, 3.05) is 27.9 Å². The predicted molar refractivity (Wildman–Crippen MR) is 78.7 cm³/mol. The monoisotopic (exact) mass is 283 g/mol. The highest BCUT2D eigenvalue weighted by atomic mass is 16.5. The molecule has 0 amide bonds. The molecule has 0 fully saturated rings. The number of aliphatic hydroxyl groups excluding tert-OH is 1. The fraction of sp³-hybridized carbons (Fsp3) is 0.600. The van der Waals surface area contributed by atoms with Crippen molar-refractivity contribution in [2.24, 2.45) is 0 Å². The van der Waals surface area contributed by atoms with Crippen molar-refractivity contribution >= 4 is 0 Å². The number of aliphatic hydroxyl groups is 1. The molecule has 0 saturated carbocycles. The molecular weight excluding hydrogens is 258 g/mol. The summed E-state index contributed by atoms with van der Waals surface area (Å²) in [4.78, 5) is 0. The number of benzene rings is 1. The summed E-state index contributed by atoms with van der Waals surface area (Å²) >= 11 is 0. The van der Waals surface area contributed by atoms with E-state index in [0.29, 0.717) is 30.2 Å². The minimum absolute atomic E-state index is 0.130. The van der Waals surface area contributed by atoms with Gasteiger partial charge in [-0.15, -0.1) is 0 Å². The van der Waals surface area contributed by atoms with E-state index < -0.39 is 0 Å². The van der Waals surface area contributed by atoms with Crippen LogP contribution in [0.4, 0.5) is 0 Å². The Bertz CT molecular complexity index is 407. The van der Waals surface area contributed by atoms with Gasteiger partial charge < -0.3 is 24.6 Å². The summed E-state index contributed by atoms with van der Waals surface area (Å²) in [6.07, 6.45) is 0.692. The molecule has 0 spiro atoms. The van der Waals surface area contributed by atoms with Crippen molar-refractivity contribution in [1.29, 1.82) is 0 Å². The van der Waals surface area contributed by atoms with Crippen LogP contribution in [0.5, 0.6) is 17.2 Å². The van der Waals surface area contributed by atoms with Gasteiger partial charge in [0.05, 0.1) is 21.3 Å². The Kier molecular flexibility index (Phi) is 6.10. The van der Waals surface area contributed by atoms with Crippen LogP contribution in [0.15, 0.2) is 12.1 Å². The minimum Gasteiger partial charge on any atom is -0.493 e. The molecule has 0 aromatic heterocycles. The second kappa shape index (κ2) is 7.36. The largest absolute Gasteiger partial charge is 0.493 e. The Morgan fingerprint density at radius 3 is 2.00 bits per heavy atom. The first kappa shape index (κ1) is 16.6. The average Bonchev–Trinajstić information content (AvgIpc) is 2.43. The van der Waals surface area contributed by atoms with Crippen molar-refractivity contribution in [3.8, 4) is 17.2 Å². The second-order valence-electron chi connectivity index (χ2n) is 5.24. The standard InChI is InChI=1S/C15H25NO4/c1-15(2,6-7-17)16-10-11-8-12(18-3)14(20-5)13(9-11)19-4/h8-9,16-17H,6-7,10H2,1-5H3. The van der Waals surface area contributed by atoms with Gasteiger partial charge in [-0.1, -0.05) is 0 Å². The quantitative estimate of drug-likeness (QED) is 0.764. The van der Waals surface area contributed by atoms with Gasteiger partial charge in [0, 0.05) is 18.7 Å². The first-order chi connectivity index (χ1) is 9.47. The van der Waals surface area contributed by atoms with Gasteiger partial charge in [-0.3, -0.25) is 0 Å². The third-order valence-electron chi connectivity index (χ3n) is 3.23. The third-order valence-corrected chi connectivity index (χ3v) is 3.23. The second-order valence-corrected chi connectivity index (χ2v) is 5.24. The van der Waals surface area contributed by atoms with Gasteiger partial charge in [0.25, 0.3) is 0 Å². The summed E-state index contributed by atoms with van der Waals surface area (Å²) in [5.74, 6) is 1.88. The molecule has 5 heteroatoms. The van der Waals surface area contributed by atoms with Crippen LogP contribution in [0.2, 0.25) is 0 Å². The van der Waals surface area contributed by atoms with Gasteiger partial charge in [-0.2, -0.15) is 0 Å². The number of nitrogens with one attached hydrogen (secondary N) is 1. The minimum atomic E-state index is -0.130. The number of hydrogen-bond donors (Lipinski definition) is 2. The maximum absolute atomic E-state index is 9.04. The SMILES string of the molecule is COc1cc(CNC(C)(C)CCO)cc(OC)c1OC. The van der Waals surface area contributed by atoms with Crippen LogP contribution in [-0.2, 0) is 6.54 Å². The highest BCUT2D eigenvalue weighted by Gasteiger charge is 2.18. The molecule has 0 unspecified atom stereocenters. The van der Waals surface area contributed by atoms with E-state index in [2.05, 4.69) is 19.2 Å². The van der Waals surface area contributed by atoms with E-state index in [0.717, 1.165) is 5.56 Å². The van der Waals surface area contributed by atoms with Crippen LogP contribution >= 0.6 is 0 Å². The lowest BCUT2D eigenvalue weighted by Gasteiger charge is -2.26. The molecule has 0 aliphatic heterocycles. The van der Waals surface area contributed by atoms with Crippen LogP contribution in [0.1, 0.15) is 25.8 Å². The number of ether oxygens (including phenoxy) is 3. The zero-order valence-electron chi connectivity index (χ0n) is 12.9. The maximum Gasteiger partial charge on any atom is 0.203 e. The average molecular weight is 283 g/mol. The fourth-order valence-corrected chi connectivity index (χ4v) is 1.95. The van der Waals surface area contributed by atoms with Crippen molar-refractivity contribution in [1.82, 2.24) is 5.32 Å². The maximum atomic E-state index is 9.04. The number of methoxy groups -OCH3 is 3. The molecule has 0 saturated heterocycles. The molecule has 0 aliphatic rings.